The molecule has 0 heterocycles. The minimum atomic E-state index is -4.57. The van der Waals surface area contributed by atoms with Gasteiger partial charge in [-0.2, -0.15) is 0 Å². The minimum absolute atomic E-state index is 0.0994. The standard InChI is InChI=1S/C35H68NO8P/c1-35(2,3)26-20-16-12-8-7-10-14-18-22-33(37)41-29-32(30-43-45(39,40)42-28-27-36)44-34(38)23-19-15-11-6-4-5-9-13-17-21-31-24-25-31/h31-32H,4-30,36H2,1-3H3,(H,39,40)/t32-/m0/s1. The highest BCUT2D eigenvalue weighted by atomic mass is 31.2. The van der Waals surface area contributed by atoms with Gasteiger partial charge in [0.25, 0.3) is 7.82 Å². The zero-order valence-corrected chi connectivity index (χ0v) is 30.1. The highest BCUT2D eigenvalue weighted by Crippen LogP contribution is 2.38. The molecule has 0 saturated heterocycles. The lowest BCUT2D eigenvalue weighted by Gasteiger charge is -2.25. The van der Waals surface area contributed by atoms with E-state index in [2.05, 4.69) is 26.5 Å². The Bertz CT molecular complexity index is 799. The summed E-state index contributed by atoms with van der Waals surface area (Å²) in [4.78, 5) is 36.8. The summed E-state index contributed by atoms with van der Waals surface area (Å²) in [5, 5.41) is 0. The maximum atomic E-state index is 12.5. The Hall–Kier alpha value is -0.990. The summed E-state index contributed by atoms with van der Waals surface area (Å²) in [5.41, 5.74) is 3.95. The number of hydrogen-bond acceptors (Lipinski definition) is 8. The predicted molar refractivity (Wildman–Crippen MR) is 177 cm³/mol. The van der Waals surface area contributed by atoms with Gasteiger partial charge in [-0.3, -0.25) is 14.2 Å². The molecule has 1 rings (SSSR count). The highest BCUT2D eigenvalue weighted by Gasteiger charge is 2.21. The number of unbranched alkanes of at least 4 members (excludes halogenated alkanes) is 15. The van der Waals surface area contributed by atoms with E-state index in [1.54, 1.807) is 0 Å². The van der Waals surface area contributed by atoms with Gasteiger partial charge >= 0.3 is 11.9 Å². The van der Waals surface area contributed by atoms with Crippen LogP contribution in [0.25, 0.3) is 0 Å². The lowest BCUT2D eigenvalue weighted by Crippen LogP contribution is -2.52. The molecule has 1 saturated carbocycles. The van der Waals surface area contributed by atoms with E-state index >= 15 is 0 Å². The number of carbonyl (C=O) groups is 2. The van der Waals surface area contributed by atoms with Crippen LogP contribution in [0.15, 0.2) is 0 Å². The van der Waals surface area contributed by atoms with Crippen molar-refractivity contribution in [1.82, 2.24) is 0 Å². The molecule has 0 amide bonds. The number of ether oxygens (including phenoxy) is 2. The molecule has 0 spiro atoms. The summed E-state index contributed by atoms with van der Waals surface area (Å²) in [5.74, 6) is 0.196. The lowest BCUT2D eigenvalue weighted by molar-refractivity contribution is -0.373. The highest BCUT2D eigenvalue weighted by molar-refractivity contribution is 7.45. The molecule has 1 unspecified atom stereocenters. The Morgan fingerprint density at radius 2 is 1.22 bits per heavy atom. The zero-order chi connectivity index (χ0) is 33.2. The van der Waals surface area contributed by atoms with Gasteiger partial charge in [0.2, 0.25) is 0 Å². The third kappa shape index (κ3) is 28.9. The third-order valence-corrected chi connectivity index (χ3v) is 9.25. The third-order valence-electron chi connectivity index (χ3n) is 8.29. The number of quaternary nitrogens is 1. The second-order valence-corrected chi connectivity index (χ2v) is 15.7. The van der Waals surface area contributed by atoms with Crippen molar-refractivity contribution in [1.29, 1.82) is 0 Å². The molecule has 0 radical (unpaired) electrons. The van der Waals surface area contributed by atoms with Crippen LogP contribution in [0.3, 0.4) is 0 Å². The number of phosphoric ester groups is 1. The van der Waals surface area contributed by atoms with Crippen LogP contribution in [0, 0.1) is 11.3 Å². The SMILES string of the molecule is CC(C)(C)CCCCCCCCCCC(=O)OC[C@@H](COP(=O)([O-])OCC[NH3+])OC(=O)CCCCCCCCCCCC1CC1. The first-order valence-electron chi connectivity index (χ1n) is 18.3. The Morgan fingerprint density at radius 3 is 1.73 bits per heavy atom. The summed E-state index contributed by atoms with van der Waals surface area (Å²) < 4.78 is 32.4. The van der Waals surface area contributed by atoms with Gasteiger partial charge in [-0.05, 0) is 30.6 Å². The van der Waals surface area contributed by atoms with E-state index in [-0.39, 0.29) is 38.6 Å². The van der Waals surface area contributed by atoms with Crippen molar-refractivity contribution in [2.45, 2.75) is 175 Å². The molecule has 3 N–H and O–H groups in total. The van der Waals surface area contributed by atoms with Crippen LogP contribution in [-0.2, 0) is 32.7 Å². The molecule has 1 aliphatic rings. The summed E-state index contributed by atoms with van der Waals surface area (Å²) in [7, 11) is -4.57. The van der Waals surface area contributed by atoms with Crippen molar-refractivity contribution >= 4 is 19.8 Å². The van der Waals surface area contributed by atoms with Crippen LogP contribution in [0.2, 0.25) is 0 Å². The Labute approximate surface area is 275 Å². The van der Waals surface area contributed by atoms with Gasteiger partial charge in [0.1, 0.15) is 13.2 Å². The van der Waals surface area contributed by atoms with Crippen LogP contribution >= 0.6 is 7.82 Å². The van der Waals surface area contributed by atoms with Gasteiger partial charge < -0.3 is 29.1 Å². The normalized spacial score (nSPS) is 15.5. The second kappa shape index (κ2) is 26.0. The van der Waals surface area contributed by atoms with E-state index in [0.29, 0.717) is 11.8 Å². The fourth-order valence-corrected chi connectivity index (χ4v) is 6.11. The lowest BCUT2D eigenvalue weighted by atomic mass is 9.89. The van der Waals surface area contributed by atoms with Gasteiger partial charge in [-0.25, -0.2) is 0 Å². The molecule has 1 fully saturated rings. The molecule has 2 atom stereocenters. The van der Waals surface area contributed by atoms with E-state index in [9.17, 15) is 19.0 Å². The first kappa shape index (κ1) is 42.0. The maximum Gasteiger partial charge on any atom is 0.306 e. The number of phosphoric acid groups is 1. The van der Waals surface area contributed by atoms with Gasteiger partial charge in [0, 0.05) is 12.8 Å². The zero-order valence-electron chi connectivity index (χ0n) is 29.2. The van der Waals surface area contributed by atoms with Crippen molar-refractivity contribution in [3.8, 4) is 0 Å². The van der Waals surface area contributed by atoms with E-state index in [1.807, 2.05) is 0 Å². The molecule has 10 heteroatoms. The summed E-state index contributed by atoms with van der Waals surface area (Å²) >= 11 is 0. The van der Waals surface area contributed by atoms with E-state index < -0.39 is 26.5 Å². The molecule has 0 aromatic carbocycles. The van der Waals surface area contributed by atoms with E-state index in [4.69, 9.17) is 18.5 Å². The van der Waals surface area contributed by atoms with Crippen LogP contribution in [-0.4, -0.2) is 44.4 Å². The number of rotatable bonds is 31. The monoisotopic (exact) mass is 661 g/mol. The van der Waals surface area contributed by atoms with Crippen molar-refractivity contribution in [2.75, 3.05) is 26.4 Å². The molecule has 0 aliphatic heterocycles. The molecule has 0 bridgehead atoms. The first-order chi connectivity index (χ1) is 21.5. The smallest absolute Gasteiger partial charge is 0.306 e. The molecule has 45 heavy (non-hydrogen) atoms. The van der Waals surface area contributed by atoms with E-state index in [0.717, 1.165) is 38.0 Å². The summed E-state index contributed by atoms with van der Waals surface area (Å²) in [6.45, 7) is 6.30. The van der Waals surface area contributed by atoms with Gasteiger partial charge in [0.15, 0.2) is 6.10 Å². The van der Waals surface area contributed by atoms with Crippen molar-refractivity contribution < 1.29 is 43.3 Å². The van der Waals surface area contributed by atoms with Gasteiger partial charge in [-0.1, -0.05) is 136 Å². The van der Waals surface area contributed by atoms with Crippen molar-refractivity contribution in [2.24, 2.45) is 11.3 Å². The topological polar surface area (TPSA) is 139 Å². The Balaban J connectivity index is 2.21. The van der Waals surface area contributed by atoms with Gasteiger partial charge in [0.05, 0.1) is 13.2 Å². The van der Waals surface area contributed by atoms with Crippen LogP contribution in [0.1, 0.15) is 168 Å². The molecule has 1 aliphatic carbocycles. The largest absolute Gasteiger partial charge is 0.756 e. The Morgan fingerprint density at radius 1 is 0.733 bits per heavy atom. The quantitative estimate of drug-likeness (QED) is 0.0451. The fraction of sp³-hybridized carbons (Fsp3) is 0.943. The maximum absolute atomic E-state index is 12.5. The summed E-state index contributed by atoms with van der Waals surface area (Å²) in [6, 6.07) is 0. The summed E-state index contributed by atoms with van der Waals surface area (Å²) in [6.07, 6.45) is 24.6. The molecule has 9 nitrogen and oxygen atoms in total. The molecular formula is C35H68NO8P. The molecule has 0 aromatic rings. The fourth-order valence-electron chi connectivity index (χ4n) is 5.34. The number of esters is 2. The average Bonchev–Trinajstić information content (AvgIpc) is 3.81. The van der Waals surface area contributed by atoms with Crippen LogP contribution < -0.4 is 10.6 Å². The minimum Gasteiger partial charge on any atom is -0.756 e. The van der Waals surface area contributed by atoms with Crippen LogP contribution in [0.5, 0.6) is 0 Å². The van der Waals surface area contributed by atoms with E-state index in [1.165, 1.54) is 96.3 Å². The number of hydrogen-bond donors (Lipinski definition) is 1. The predicted octanol–water partition coefficient (Wildman–Crippen LogP) is 7.83. The van der Waals surface area contributed by atoms with Crippen molar-refractivity contribution in [3.63, 3.8) is 0 Å². The second-order valence-electron chi connectivity index (χ2n) is 14.3. The Kier molecular flexibility index (Phi) is 24.3. The number of carbonyl (C=O) groups excluding carboxylic acids is 2. The van der Waals surface area contributed by atoms with Crippen molar-refractivity contribution in [3.05, 3.63) is 0 Å². The molecule has 0 aromatic heterocycles. The van der Waals surface area contributed by atoms with Crippen LogP contribution in [0.4, 0.5) is 0 Å². The molecule has 266 valence electrons. The van der Waals surface area contributed by atoms with Gasteiger partial charge in [-0.15, -0.1) is 0 Å². The molecular weight excluding hydrogens is 593 g/mol. The first-order valence-corrected chi connectivity index (χ1v) is 19.7. The average molecular weight is 662 g/mol.